The van der Waals surface area contributed by atoms with Crippen LogP contribution in [0.2, 0.25) is 0 Å². The number of hydrogen-bond donors (Lipinski definition) is 0. The highest BCUT2D eigenvalue weighted by molar-refractivity contribution is 5.76. The van der Waals surface area contributed by atoms with E-state index in [4.69, 9.17) is 0 Å². The summed E-state index contributed by atoms with van der Waals surface area (Å²) >= 11 is 0. The van der Waals surface area contributed by atoms with E-state index in [2.05, 4.69) is 17.3 Å². The van der Waals surface area contributed by atoms with Crippen molar-refractivity contribution in [3.05, 3.63) is 0 Å². The molecule has 4 nitrogen and oxygen atoms in total. The topological polar surface area (TPSA) is 37.7 Å². The first-order valence-corrected chi connectivity index (χ1v) is 4.65. The van der Waals surface area contributed by atoms with Gasteiger partial charge in [0.15, 0.2) is 0 Å². The largest absolute Gasteiger partial charge is 0.349 e. The Hall–Kier alpha value is -0.610. The molecule has 1 radical (unpaired) electrons. The second-order valence-corrected chi connectivity index (χ2v) is 3.76. The van der Waals surface area contributed by atoms with Crippen molar-refractivity contribution < 1.29 is 4.79 Å². The molecule has 1 fully saturated rings. The van der Waals surface area contributed by atoms with Crippen LogP contribution < -0.4 is 5.32 Å². The molecule has 0 aromatic carbocycles. The number of nitrogens with zero attached hydrogens (tertiary/aromatic N) is 3. The van der Waals surface area contributed by atoms with Gasteiger partial charge in [0.25, 0.3) is 0 Å². The maximum Gasteiger partial charge on any atom is 0.223 e. The molecule has 1 saturated heterocycles. The molecule has 1 rings (SSSR count). The van der Waals surface area contributed by atoms with Crippen LogP contribution in [0.25, 0.3) is 0 Å². The smallest absolute Gasteiger partial charge is 0.223 e. The zero-order chi connectivity index (χ0) is 9.84. The summed E-state index contributed by atoms with van der Waals surface area (Å²) in [5, 5.41) is 4.31. The van der Waals surface area contributed by atoms with Crippen molar-refractivity contribution in [2.75, 3.05) is 40.8 Å². The number of carbonyl (C=O) groups is 1. The molecule has 0 aromatic rings. The molecular weight excluding hydrogens is 166 g/mol. The van der Waals surface area contributed by atoms with Crippen molar-refractivity contribution in [1.29, 1.82) is 0 Å². The maximum absolute atomic E-state index is 11.4. The van der Waals surface area contributed by atoms with Gasteiger partial charge in [-0.1, -0.05) is 0 Å². The molecule has 1 heterocycles. The lowest BCUT2D eigenvalue weighted by Gasteiger charge is -2.32. The zero-order valence-electron chi connectivity index (χ0n) is 8.66. The molecule has 0 N–H and O–H groups in total. The van der Waals surface area contributed by atoms with Gasteiger partial charge in [-0.25, -0.2) is 5.32 Å². The third-order valence-electron chi connectivity index (χ3n) is 2.48. The van der Waals surface area contributed by atoms with Crippen LogP contribution in [-0.4, -0.2) is 62.5 Å². The summed E-state index contributed by atoms with van der Waals surface area (Å²) in [7, 11) is 5.65. The number of rotatable bonds is 2. The molecule has 0 spiro atoms. The predicted octanol–water partition coefficient (Wildman–Crippen LogP) is -0.617. The van der Waals surface area contributed by atoms with Gasteiger partial charge in [-0.15, -0.1) is 0 Å². The van der Waals surface area contributed by atoms with Gasteiger partial charge in [0.2, 0.25) is 5.91 Å². The van der Waals surface area contributed by atoms with Gasteiger partial charge < -0.3 is 9.80 Å². The van der Waals surface area contributed by atoms with E-state index in [-0.39, 0.29) is 5.91 Å². The minimum Gasteiger partial charge on any atom is -0.349 e. The number of hydrogen-bond acceptors (Lipinski definition) is 2. The van der Waals surface area contributed by atoms with Crippen molar-refractivity contribution in [2.24, 2.45) is 0 Å². The molecule has 1 amide bonds. The van der Waals surface area contributed by atoms with Crippen molar-refractivity contribution in [3.8, 4) is 0 Å². The van der Waals surface area contributed by atoms with Crippen LogP contribution in [0.3, 0.4) is 0 Å². The molecule has 0 saturated carbocycles. The molecule has 1 aliphatic heterocycles. The Bertz CT molecular complexity index is 182. The van der Waals surface area contributed by atoms with Crippen LogP contribution in [0.4, 0.5) is 0 Å². The fourth-order valence-electron chi connectivity index (χ4n) is 1.40. The Morgan fingerprint density at radius 2 is 2.31 bits per heavy atom. The highest BCUT2D eigenvalue weighted by atomic mass is 16.2. The maximum atomic E-state index is 11.4. The number of carbonyl (C=O) groups excluding carboxylic acids is 1. The SMILES string of the molecule is CN(C)C(=O)CC1C[N]CCN1C. The normalized spacial score (nSPS) is 24.4. The first kappa shape index (κ1) is 10.5. The highest BCUT2D eigenvalue weighted by Gasteiger charge is 2.22. The lowest BCUT2D eigenvalue weighted by molar-refractivity contribution is -0.130. The Morgan fingerprint density at radius 1 is 1.62 bits per heavy atom. The molecule has 1 aliphatic rings. The van der Waals surface area contributed by atoms with Gasteiger partial charge in [0, 0.05) is 46.2 Å². The molecule has 0 aromatic heterocycles. The standard InChI is InChI=1S/C9H18N3O/c1-11(2)9(13)6-8-7-10-4-5-12(8)3/h8H,4-7H2,1-3H3. The second-order valence-electron chi connectivity index (χ2n) is 3.76. The molecule has 0 aliphatic carbocycles. The summed E-state index contributed by atoms with van der Waals surface area (Å²) in [6.45, 7) is 2.69. The van der Waals surface area contributed by atoms with Crippen molar-refractivity contribution in [3.63, 3.8) is 0 Å². The fourth-order valence-corrected chi connectivity index (χ4v) is 1.40. The van der Waals surface area contributed by atoms with E-state index >= 15 is 0 Å². The van der Waals surface area contributed by atoms with Crippen LogP contribution in [0, 0.1) is 0 Å². The molecule has 1 unspecified atom stereocenters. The Balaban J connectivity index is 2.38. The van der Waals surface area contributed by atoms with E-state index in [0.717, 1.165) is 19.6 Å². The lowest BCUT2D eigenvalue weighted by Crippen LogP contribution is -2.48. The van der Waals surface area contributed by atoms with Gasteiger partial charge in [0.1, 0.15) is 0 Å². The van der Waals surface area contributed by atoms with Crippen LogP contribution in [0.5, 0.6) is 0 Å². The van der Waals surface area contributed by atoms with Gasteiger partial charge in [0.05, 0.1) is 0 Å². The first-order valence-electron chi connectivity index (χ1n) is 4.65. The van der Waals surface area contributed by atoms with Crippen molar-refractivity contribution in [1.82, 2.24) is 15.1 Å². The van der Waals surface area contributed by atoms with Crippen LogP contribution in [0.15, 0.2) is 0 Å². The minimum absolute atomic E-state index is 0.189. The average Bonchev–Trinajstić information content (AvgIpc) is 2.08. The summed E-state index contributed by atoms with van der Waals surface area (Å²) in [4.78, 5) is 15.3. The van der Waals surface area contributed by atoms with E-state index < -0.39 is 0 Å². The van der Waals surface area contributed by atoms with E-state index in [1.807, 2.05) is 0 Å². The molecule has 1 atom stereocenters. The van der Waals surface area contributed by atoms with Gasteiger partial charge in [-0.2, -0.15) is 0 Å². The van der Waals surface area contributed by atoms with Crippen LogP contribution in [0.1, 0.15) is 6.42 Å². The van der Waals surface area contributed by atoms with E-state index in [9.17, 15) is 4.79 Å². The van der Waals surface area contributed by atoms with Gasteiger partial charge in [-0.3, -0.25) is 4.79 Å². The molecular formula is C9H18N3O. The third kappa shape index (κ3) is 2.97. The second kappa shape index (κ2) is 4.58. The third-order valence-corrected chi connectivity index (χ3v) is 2.48. The highest BCUT2D eigenvalue weighted by Crippen LogP contribution is 2.06. The van der Waals surface area contributed by atoms with E-state index in [1.165, 1.54) is 0 Å². The summed E-state index contributed by atoms with van der Waals surface area (Å²) in [6.07, 6.45) is 0.590. The Labute approximate surface area is 79.9 Å². The van der Waals surface area contributed by atoms with Crippen molar-refractivity contribution in [2.45, 2.75) is 12.5 Å². The zero-order valence-corrected chi connectivity index (χ0v) is 8.66. The number of amides is 1. The van der Waals surface area contributed by atoms with Gasteiger partial charge >= 0.3 is 0 Å². The lowest BCUT2D eigenvalue weighted by atomic mass is 10.1. The quantitative estimate of drug-likeness (QED) is 0.574. The summed E-state index contributed by atoms with van der Waals surface area (Å²) in [6, 6.07) is 0.309. The van der Waals surface area contributed by atoms with Crippen LogP contribution >= 0.6 is 0 Å². The number of likely N-dealkylation sites (N-methyl/N-ethyl adjacent to an activating group) is 1. The first-order chi connectivity index (χ1) is 6.11. The Kier molecular flexibility index (Phi) is 3.69. The van der Waals surface area contributed by atoms with Crippen LogP contribution in [-0.2, 0) is 4.79 Å². The summed E-state index contributed by atoms with van der Waals surface area (Å²) in [5.74, 6) is 0.189. The molecule has 0 bridgehead atoms. The van der Waals surface area contributed by atoms with E-state index in [1.54, 1.807) is 19.0 Å². The number of piperazine rings is 1. The summed E-state index contributed by atoms with van der Waals surface area (Å²) < 4.78 is 0. The predicted molar refractivity (Wildman–Crippen MR) is 51.6 cm³/mol. The monoisotopic (exact) mass is 184 g/mol. The Morgan fingerprint density at radius 3 is 2.85 bits per heavy atom. The average molecular weight is 184 g/mol. The molecule has 75 valence electrons. The summed E-state index contributed by atoms with van der Waals surface area (Å²) in [5.41, 5.74) is 0. The van der Waals surface area contributed by atoms with Gasteiger partial charge in [-0.05, 0) is 7.05 Å². The van der Waals surface area contributed by atoms with E-state index in [0.29, 0.717) is 12.5 Å². The fraction of sp³-hybridized carbons (Fsp3) is 0.889. The molecule has 13 heavy (non-hydrogen) atoms. The minimum atomic E-state index is 0.189. The van der Waals surface area contributed by atoms with Crippen molar-refractivity contribution >= 4 is 5.91 Å². The molecule has 4 heteroatoms.